The fourth-order valence-electron chi connectivity index (χ4n) is 8.35. The van der Waals surface area contributed by atoms with Gasteiger partial charge in [0.1, 0.15) is 0 Å². The van der Waals surface area contributed by atoms with Crippen molar-refractivity contribution in [3.05, 3.63) is 162 Å². The highest BCUT2D eigenvalue weighted by atomic mass is 15.1. The second-order valence-corrected chi connectivity index (χ2v) is 13.8. The molecule has 0 unspecified atom stereocenters. The van der Waals surface area contributed by atoms with E-state index in [-0.39, 0.29) is 10.8 Å². The maximum absolute atomic E-state index is 2.49. The van der Waals surface area contributed by atoms with Crippen LogP contribution in [0.25, 0.3) is 43.8 Å². The first-order valence-corrected chi connectivity index (χ1v) is 16.0. The molecule has 1 nitrogen and oxygen atoms in total. The van der Waals surface area contributed by atoms with Crippen molar-refractivity contribution in [2.45, 2.75) is 38.5 Å². The lowest BCUT2D eigenvalue weighted by molar-refractivity contribution is 0.660. The molecule has 0 fully saturated rings. The average Bonchev–Trinajstić information content (AvgIpc) is 3.45. The molecule has 0 heterocycles. The third-order valence-corrected chi connectivity index (χ3v) is 10.6. The molecule has 0 bridgehead atoms. The second kappa shape index (κ2) is 9.19. The van der Waals surface area contributed by atoms with Crippen LogP contribution in [-0.4, -0.2) is 0 Å². The number of hydrogen-bond donors (Lipinski definition) is 0. The lowest BCUT2D eigenvalue weighted by Gasteiger charge is -2.31. The Morgan fingerprint density at radius 1 is 0.400 bits per heavy atom. The Bertz CT molecular complexity index is 2320. The van der Waals surface area contributed by atoms with E-state index in [1.165, 1.54) is 77.4 Å². The monoisotopic (exact) mass is 577 g/mol. The van der Waals surface area contributed by atoms with Gasteiger partial charge in [-0.2, -0.15) is 0 Å². The van der Waals surface area contributed by atoms with E-state index in [1.807, 2.05) is 0 Å². The first-order chi connectivity index (χ1) is 21.9. The lowest BCUT2D eigenvalue weighted by Crippen LogP contribution is -2.18. The van der Waals surface area contributed by atoms with Gasteiger partial charge in [0.25, 0.3) is 0 Å². The highest BCUT2D eigenvalue weighted by Crippen LogP contribution is 2.57. The fourth-order valence-corrected chi connectivity index (χ4v) is 8.35. The molecule has 0 aromatic heterocycles. The van der Waals surface area contributed by atoms with Crippen molar-refractivity contribution in [1.82, 2.24) is 0 Å². The van der Waals surface area contributed by atoms with Crippen molar-refractivity contribution >= 4 is 38.6 Å². The van der Waals surface area contributed by atoms with E-state index < -0.39 is 0 Å². The van der Waals surface area contributed by atoms with Crippen LogP contribution in [0.2, 0.25) is 0 Å². The Kier molecular flexibility index (Phi) is 5.37. The van der Waals surface area contributed by atoms with Crippen LogP contribution >= 0.6 is 0 Å². The second-order valence-electron chi connectivity index (χ2n) is 13.8. The molecule has 45 heavy (non-hydrogen) atoms. The smallest absolute Gasteiger partial charge is 0.0543 e. The van der Waals surface area contributed by atoms with Gasteiger partial charge in [0.15, 0.2) is 0 Å². The van der Waals surface area contributed by atoms with Crippen LogP contribution in [0.15, 0.2) is 140 Å². The summed E-state index contributed by atoms with van der Waals surface area (Å²) < 4.78 is 0. The molecule has 216 valence electrons. The average molecular weight is 578 g/mol. The van der Waals surface area contributed by atoms with Gasteiger partial charge in [0, 0.05) is 27.6 Å². The first kappa shape index (κ1) is 26.3. The highest BCUT2D eigenvalue weighted by molar-refractivity contribution is 6.15. The molecule has 9 rings (SSSR count). The van der Waals surface area contributed by atoms with Gasteiger partial charge in [-0.25, -0.2) is 0 Å². The SMILES string of the molecule is CC1(C)c2ccccc2-c2ccc(N(c3ccccc3)c3cc4c(c5ccccc35)-c3c(ccc5ccccc35)C4(C)C)cc21. The molecule has 0 spiro atoms. The number of rotatable bonds is 3. The molecule has 0 saturated heterocycles. The molecule has 7 aromatic carbocycles. The summed E-state index contributed by atoms with van der Waals surface area (Å²) in [5.74, 6) is 0. The topological polar surface area (TPSA) is 3.24 Å². The third-order valence-electron chi connectivity index (χ3n) is 10.6. The maximum Gasteiger partial charge on any atom is 0.0543 e. The molecular weight excluding hydrogens is 542 g/mol. The van der Waals surface area contributed by atoms with E-state index in [1.54, 1.807) is 0 Å². The Hall–Kier alpha value is -5.14. The third kappa shape index (κ3) is 3.56. The number of nitrogens with zero attached hydrogens (tertiary/aromatic N) is 1. The summed E-state index contributed by atoms with van der Waals surface area (Å²) >= 11 is 0. The number of hydrogen-bond acceptors (Lipinski definition) is 1. The minimum absolute atomic E-state index is 0.0744. The van der Waals surface area contributed by atoms with E-state index in [2.05, 4.69) is 172 Å². The zero-order valence-electron chi connectivity index (χ0n) is 26.2. The lowest BCUT2D eigenvalue weighted by atomic mass is 9.81. The van der Waals surface area contributed by atoms with Crippen LogP contribution in [0.3, 0.4) is 0 Å². The van der Waals surface area contributed by atoms with Gasteiger partial charge in [-0.1, -0.05) is 137 Å². The van der Waals surface area contributed by atoms with Gasteiger partial charge in [-0.3, -0.25) is 0 Å². The van der Waals surface area contributed by atoms with Crippen LogP contribution in [0, 0.1) is 0 Å². The summed E-state index contributed by atoms with van der Waals surface area (Å²) in [7, 11) is 0. The van der Waals surface area contributed by atoms with Crippen LogP contribution in [-0.2, 0) is 10.8 Å². The van der Waals surface area contributed by atoms with Crippen LogP contribution < -0.4 is 4.90 Å². The molecule has 2 aliphatic carbocycles. The molecular formula is C44H35N. The zero-order chi connectivity index (χ0) is 30.5. The minimum Gasteiger partial charge on any atom is -0.310 e. The minimum atomic E-state index is -0.141. The van der Waals surface area contributed by atoms with Crippen molar-refractivity contribution in [3.63, 3.8) is 0 Å². The number of para-hydroxylation sites is 1. The van der Waals surface area contributed by atoms with Gasteiger partial charge >= 0.3 is 0 Å². The maximum atomic E-state index is 2.49. The summed E-state index contributed by atoms with van der Waals surface area (Å²) in [5, 5.41) is 5.20. The summed E-state index contributed by atoms with van der Waals surface area (Å²) in [6.07, 6.45) is 0. The molecule has 2 aliphatic rings. The Morgan fingerprint density at radius 3 is 1.84 bits per heavy atom. The zero-order valence-corrected chi connectivity index (χ0v) is 26.2. The standard InChI is InChI=1S/C44H35N/c1-43(2)36-21-13-12-18-32(36)33-24-23-30(26-38(33)43)45(29-15-6-5-7-16-29)40-27-39-42(35-20-11-10-19-34(35)40)41-31-17-9-8-14-28(31)22-25-37(41)44(39,3)4/h5-27H,1-4H3. The van der Waals surface area contributed by atoms with E-state index in [9.17, 15) is 0 Å². The molecule has 1 heteroatoms. The Labute approximate surface area is 265 Å². The molecule has 0 saturated carbocycles. The van der Waals surface area contributed by atoms with Crippen LogP contribution in [0.1, 0.15) is 49.9 Å². The van der Waals surface area contributed by atoms with Crippen molar-refractivity contribution < 1.29 is 0 Å². The van der Waals surface area contributed by atoms with E-state index >= 15 is 0 Å². The van der Waals surface area contributed by atoms with Crippen molar-refractivity contribution in [2.75, 3.05) is 4.90 Å². The number of fused-ring (bicyclic) bond motifs is 10. The summed E-state index contributed by atoms with van der Waals surface area (Å²) in [5.41, 5.74) is 14.4. The van der Waals surface area contributed by atoms with Crippen molar-refractivity contribution in [2.24, 2.45) is 0 Å². The van der Waals surface area contributed by atoms with Crippen molar-refractivity contribution in [3.8, 4) is 22.3 Å². The van der Waals surface area contributed by atoms with Gasteiger partial charge < -0.3 is 4.90 Å². The normalized spacial score (nSPS) is 15.0. The van der Waals surface area contributed by atoms with Gasteiger partial charge in [-0.15, -0.1) is 0 Å². The Balaban J connectivity index is 1.34. The van der Waals surface area contributed by atoms with Gasteiger partial charge in [0.05, 0.1) is 5.69 Å². The van der Waals surface area contributed by atoms with Crippen molar-refractivity contribution in [1.29, 1.82) is 0 Å². The quantitative estimate of drug-likeness (QED) is 0.202. The van der Waals surface area contributed by atoms with E-state index in [0.717, 1.165) is 5.69 Å². The predicted octanol–water partition coefficient (Wildman–Crippen LogP) is 12.1. The number of benzene rings is 7. The van der Waals surface area contributed by atoms with Crippen LogP contribution in [0.4, 0.5) is 17.1 Å². The highest BCUT2D eigenvalue weighted by Gasteiger charge is 2.39. The molecule has 0 N–H and O–H groups in total. The van der Waals surface area contributed by atoms with E-state index in [0.29, 0.717) is 0 Å². The summed E-state index contributed by atoms with van der Waals surface area (Å²) in [6.45, 7) is 9.52. The molecule has 0 atom stereocenters. The largest absolute Gasteiger partial charge is 0.310 e. The van der Waals surface area contributed by atoms with Gasteiger partial charge in [-0.05, 0) is 91.0 Å². The fraction of sp³-hybridized carbons (Fsp3) is 0.136. The molecule has 0 aliphatic heterocycles. The number of anilines is 3. The summed E-state index contributed by atoms with van der Waals surface area (Å²) in [4.78, 5) is 2.49. The van der Waals surface area contributed by atoms with Crippen LogP contribution in [0.5, 0.6) is 0 Å². The predicted molar refractivity (Wildman–Crippen MR) is 191 cm³/mol. The first-order valence-electron chi connectivity index (χ1n) is 16.0. The van der Waals surface area contributed by atoms with E-state index in [4.69, 9.17) is 0 Å². The molecule has 0 radical (unpaired) electrons. The van der Waals surface area contributed by atoms with Gasteiger partial charge in [0.2, 0.25) is 0 Å². The molecule has 7 aromatic rings. The summed E-state index contributed by atoms with van der Waals surface area (Å²) in [6, 6.07) is 51.9. The molecule has 0 amide bonds. The Morgan fingerprint density at radius 2 is 1.02 bits per heavy atom.